The lowest BCUT2D eigenvalue weighted by atomic mass is 9.92. The molecule has 3 heterocycles. The smallest absolute Gasteiger partial charge is 0.242 e. The van der Waals surface area contributed by atoms with Crippen molar-refractivity contribution in [3.05, 3.63) is 41.2 Å². The Labute approximate surface area is 154 Å². The van der Waals surface area contributed by atoms with Gasteiger partial charge in [0.25, 0.3) is 0 Å². The van der Waals surface area contributed by atoms with Gasteiger partial charge in [0.1, 0.15) is 6.54 Å². The molecule has 1 fully saturated rings. The molecule has 1 saturated heterocycles. The lowest BCUT2D eigenvalue weighted by Gasteiger charge is -2.28. The fourth-order valence-electron chi connectivity index (χ4n) is 3.36. The van der Waals surface area contributed by atoms with Crippen LogP contribution in [0.15, 0.2) is 18.5 Å². The van der Waals surface area contributed by atoms with Gasteiger partial charge in [0, 0.05) is 11.9 Å². The molecule has 7 nitrogen and oxygen atoms in total. The molecule has 2 aromatic rings. The van der Waals surface area contributed by atoms with Gasteiger partial charge in [-0.3, -0.25) is 19.4 Å². The van der Waals surface area contributed by atoms with Crippen LogP contribution in [0.3, 0.4) is 0 Å². The van der Waals surface area contributed by atoms with Crippen LogP contribution in [0.2, 0.25) is 0 Å². The van der Waals surface area contributed by atoms with Crippen LogP contribution in [-0.4, -0.2) is 50.7 Å². The summed E-state index contributed by atoms with van der Waals surface area (Å²) in [6.07, 6.45) is 7.06. The van der Waals surface area contributed by atoms with E-state index in [9.17, 15) is 4.79 Å². The summed E-state index contributed by atoms with van der Waals surface area (Å²) in [6.45, 7) is 6.81. The van der Waals surface area contributed by atoms with E-state index in [1.807, 2.05) is 26.1 Å². The summed E-state index contributed by atoms with van der Waals surface area (Å²) in [7, 11) is 2.17. The second-order valence-corrected chi connectivity index (χ2v) is 7.31. The number of amides is 1. The number of hydrogen-bond donors (Lipinski definition) is 1. The highest BCUT2D eigenvalue weighted by Crippen LogP contribution is 2.19. The van der Waals surface area contributed by atoms with Crippen LogP contribution in [0.1, 0.15) is 35.6 Å². The summed E-state index contributed by atoms with van der Waals surface area (Å²) < 4.78 is 1.71. The summed E-state index contributed by atoms with van der Waals surface area (Å²) >= 11 is 0. The van der Waals surface area contributed by atoms with E-state index in [1.54, 1.807) is 10.9 Å². The summed E-state index contributed by atoms with van der Waals surface area (Å²) in [5.41, 5.74) is 3.72. The molecule has 2 aromatic heterocycles. The maximum absolute atomic E-state index is 12.1. The quantitative estimate of drug-likeness (QED) is 0.849. The highest BCUT2D eigenvalue weighted by molar-refractivity contribution is 5.75. The van der Waals surface area contributed by atoms with Gasteiger partial charge < -0.3 is 10.2 Å². The Balaban J connectivity index is 1.45. The topological polar surface area (TPSA) is 75.9 Å². The van der Waals surface area contributed by atoms with Crippen LogP contribution in [0.5, 0.6) is 0 Å². The molecule has 0 aromatic carbocycles. The number of carbonyl (C=O) groups excluding carboxylic acids is 1. The Hall–Kier alpha value is -2.28. The molecule has 140 valence electrons. The van der Waals surface area contributed by atoms with Crippen LogP contribution >= 0.6 is 0 Å². The largest absolute Gasteiger partial charge is 0.349 e. The molecule has 1 N–H and O–H groups in total. The van der Waals surface area contributed by atoms with E-state index in [4.69, 9.17) is 0 Å². The number of aromatic nitrogens is 4. The van der Waals surface area contributed by atoms with Gasteiger partial charge >= 0.3 is 0 Å². The maximum Gasteiger partial charge on any atom is 0.242 e. The number of nitrogens with zero attached hydrogens (tertiary/aromatic N) is 5. The second kappa shape index (κ2) is 8.40. The molecule has 0 atom stereocenters. The number of aryl methyl sites for hydroxylation is 2. The van der Waals surface area contributed by atoms with Crippen LogP contribution in [0.25, 0.3) is 0 Å². The fourth-order valence-corrected chi connectivity index (χ4v) is 3.36. The Morgan fingerprint density at radius 3 is 2.50 bits per heavy atom. The first-order chi connectivity index (χ1) is 12.5. The summed E-state index contributed by atoms with van der Waals surface area (Å²) in [5.74, 6) is 0.625. The molecule has 0 bridgehead atoms. The molecule has 1 amide bonds. The zero-order chi connectivity index (χ0) is 18.5. The maximum atomic E-state index is 12.1. The van der Waals surface area contributed by atoms with Crippen molar-refractivity contribution in [2.24, 2.45) is 5.92 Å². The van der Waals surface area contributed by atoms with E-state index in [0.717, 1.165) is 42.3 Å². The first kappa shape index (κ1) is 18.5. The van der Waals surface area contributed by atoms with Crippen molar-refractivity contribution in [1.82, 2.24) is 30.0 Å². The lowest BCUT2D eigenvalue weighted by Crippen LogP contribution is -2.31. The highest BCUT2D eigenvalue weighted by Gasteiger charge is 2.17. The van der Waals surface area contributed by atoms with Gasteiger partial charge in [0.15, 0.2) is 0 Å². The molecule has 1 aliphatic heterocycles. The van der Waals surface area contributed by atoms with E-state index >= 15 is 0 Å². The van der Waals surface area contributed by atoms with Gasteiger partial charge in [-0.25, -0.2) is 0 Å². The predicted octanol–water partition coefficient (Wildman–Crippen LogP) is 1.49. The summed E-state index contributed by atoms with van der Waals surface area (Å²) in [6, 6.07) is 1.96. The third kappa shape index (κ3) is 5.11. The average Bonchev–Trinajstić information content (AvgIpc) is 2.93. The van der Waals surface area contributed by atoms with E-state index in [-0.39, 0.29) is 12.5 Å². The third-order valence-corrected chi connectivity index (χ3v) is 4.96. The average molecular weight is 356 g/mol. The first-order valence-corrected chi connectivity index (χ1v) is 9.25. The van der Waals surface area contributed by atoms with Gasteiger partial charge in [-0.15, -0.1) is 0 Å². The van der Waals surface area contributed by atoms with Crippen molar-refractivity contribution < 1.29 is 4.79 Å². The normalized spacial score (nSPS) is 16.0. The zero-order valence-corrected chi connectivity index (χ0v) is 15.9. The van der Waals surface area contributed by atoms with Crippen molar-refractivity contribution in [2.75, 3.05) is 20.1 Å². The highest BCUT2D eigenvalue weighted by atomic mass is 16.2. The number of carbonyl (C=O) groups is 1. The summed E-state index contributed by atoms with van der Waals surface area (Å²) in [5, 5.41) is 7.18. The van der Waals surface area contributed by atoms with E-state index in [0.29, 0.717) is 12.5 Å². The molecule has 1 aliphatic rings. The minimum atomic E-state index is -0.0756. The standard InChI is InChI=1S/C19H28N6O/c1-14-8-15(2)25(23-14)13-19(26)22-12-18-11-20-17(10-21-18)9-16-4-6-24(3)7-5-16/h8,10-11,16H,4-7,9,12-13H2,1-3H3,(H,22,26). The predicted molar refractivity (Wildman–Crippen MR) is 99.5 cm³/mol. The molecule has 0 spiro atoms. The van der Waals surface area contributed by atoms with Crippen molar-refractivity contribution in [3.63, 3.8) is 0 Å². The van der Waals surface area contributed by atoms with Gasteiger partial charge in [0.05, 0.1) is 29.8 Å². The Bertz CT molecular complexity index is 731. The van der Waals surface area contributed by atoms with Gasteiger partial charge in [-0.05, 0) is 65.2 Å². The minimum absolute atomic E-state index is 0.0756. The molecule has 26 heavy (non-hydrogen) atoms. The van der Waals surface area contributed by atoms with E-state index < -0.39 is 0 Å². The van der Waals surface area contributed by atoms with Crippen LogP contribution in [-0.2, 0) is 24.3 Å². The molecule has 0 saturated carbocycles. The lowest BCUT2D eigenvalue weighted by molar-refractivity contribution is -0.122. The molecular weight excluding hydrogens is 328 g/mol. The number of nitrogens with one attached hydrogen (secondary N) is 1. The van der Waals surface area contributed by atoms with Crippen LogP contribution in [0, 0.1) is 19.8 Å². The van der Waals surface area contributed by atoms with Gasteiger partial charge in [0.2, 0.25) is 5.91 Å². The Kier molecular flexibility index (Phi) is 5.98. The minimum Gasteiger partial charge on any atom is -0.349 e. The second-order valence-electron chi connectivity index (χ2n) is 7.31. The van der Waals surface area contributed by atoms with Crippen molar-refractivity contribution in [3.8, 4) is 0 Å². The van der Waals surface area contributed by atoms with Gasteiger partial charge in [-0.1, -0.05) is 0 Å². The van der Waals surface area contributed by atoms with Crippen LogP contribution in [0.4, 0.5) is 0 Å². The molecule has 7 heteroatoms. The molecule has 3 rings (SSSR count). The van der Waals surface area contributed by atoms with Crippen molar-refractivity contribution in [1.29, 1.82) is 0 Å². The zero-order valence-electron chi connectivity index (χ0n) is 15.9. The van der Waals surface area contributed by atoms with Crippen molar-refractivity contribution >= 4 is 5.91 Å². The van der Waals surface area contributed by atoms with E-state index in [1.165, 1.54) is 12.8 Å². The van der Waals surface area contributed by atoms with Crippen LogP contribution < -0.4 is 5.32 Å². The Morgan fingerprint density at radius 2 is 1.88 bits per heavy atom. The van der Waals surface area contributed by atoms with Crippen molar-refractivity contribution in [2.45, 2.75) is 46.2 Å². The SMILES string of the molecule is Cc1cc(C)n(CC(=O)NCc2cnc(CC3CCN(C)CC3)cn2)n1. The van der Waals surface area contributed by atoms with E-state index in [2.05, 4.69) is 32.3 Å². The fraction of sp³-hybridized carbons (Fsp3) is 0.579. The first-order valence-electron chi connectivity index (χ1n) is 9.25. The molecule has 0 radical (unpaired) electrons. The molecular formula is C19H28N6O. The number of likely N-dealkylation sites (tertiary alicyclic amines) is 1. The molecule has 0 unspecified atom stereocenters. The number of rotatable bonds is 6. The third-order valence-electron chi connectivity index (χ3n) is 4.96. The number of hydrogen-bond acceptors (Lipinski definition) is 5. The molecule has 0 aliphatic carbocycles. The monoisotopic (exact) mass is 356 g/mol. The summed E-state index contributed by atoms with van der Waals surface area (Å²) in [4.78, 5) is 23.4. The van der Waals surface area contributed by atoms with Gasteiger partial charge in [-0.2, -0.15) is 5.10 Å². The number of piperidine rings is 1. The Morgan fingerprint density at radius 1 is 1.19 bits per heavy atom.